The summed E-state index contributed by atoms with van der Waals surface area (Å²) >= 11 is 5.26. The quantitative estimate of drug-likeness (QED) is 0.532. The van der Waals surface area contributed by atoms with Crippen molar-refractivity contribution >= 4 is 29.6 Å². The molecule has 0 atom stereocenters. The number of H-pyrrole nitrogens is 1. The molecule has 0 spiro atoms. The molecule has 0 saturated heterocycles. The van der Waals surface area contributed by atoms with Gasteiger partial charge in [-0.2, -0.15) is 5.10 Å². The predicted molar refractivity (Wildman–Crippen MR) is 103 cm³/mol. The summed E-state index contributed by atoms with van der Waals surface area (Å²) in [5.74, 6) is 0.291. The van der Waals surface area contributed by atoms with Crippen LogP contribution in [0.25, 0.3) is 11.4 Å². The molecule has 7 heteroatoms. The van der Waals surface area contributed by atoms with Gasteiger partial charge in [-0.3, -0.25) is 19.3 Å². The number of benzene rings is 2. The fourth-order valence-corrected chi connectivity index (χ4v) is 2.74. The minimum absolute atomic E-state index is 0.0167. The molecular weight excluding hydrogens is 348 g/mol. The van der Waals surface area contributed by atoms with Crippen LogP contribution in [0.1, 0.15) is 22.8 Å². The lowest BCUT2D eigenvalue weighted by molar-refractivity contribution is -0.116. The van der Waals surface area contributed by atoms with Crippen LogP contribution in [0.2, 0.25) is 0 Å². The third-order valence-corrected chi connectivity index (χ3v) is 4.23. The maximum absolute atomic E-state index is 12.4. The zero-order chi connectivity index (χ0) is 18.7. The van der Waals surface area contributed by atoms with Crippen LogP contribution in [0.4, 0.5) is 5.69 Å². The Bertz CT molecular complexity index is 1020. The fourth-order valence-electron chi connectivity index (χ4n) is 2.55. The SMILES string of the molecule is CC(=O)c1cccc(NC(=O)Cn2c(-c3ccc(C)cc3)n[nH]c2=S)c1. The molecule has 1 aromatic heterocycles. The zero-order valence-corrected chi connectivity index (χ0v) is 15.3. The summed E-state index contributed by atoms with van der Waals surface area (Å²) < 4.78 is 2.01. The Morgan fingerprint density at radius 2 is 1.92 bits per heavy atom. The number of Topliss-reactive ketones (excluding diaryl/α,β-unsaturated/α-hetero) is 1. The van der Waals surface area contributed by atoms with Gasteiger partial charge in [-0.1, -0.05) is 42.0 Å². The number of rotatable bonds is 5. The lowest BCUT2D eigenvalue weighted by Gasteiger charge is -2.09. The summed E-state index contributed by atoms with van der Waals surface area (Å²) in [7, 11) is 0. The first-order valence-electron chi connectivity index (χ1n) is 8.07. The first-order valence-corrected chi connectivity index (χ1v) is 8.48. The number of carbonyl (C=O) groups excluding carboxylic acids is 2. The van der Waals surface area contributed by atoms with Gasteiger partial charge in [0.15, 0.2) is 16.4 Å². The van der Waals surface area contributed by atoms with Crippen LogP contribution in [0.3, 0.4) is 0 Å². The number of aromatic nitrogens is 3. The number of hydrogen-bond acceptors (Lipinski definition) is 4. The highest BCUT2D eigenvalue weighted by Crippen LogP contribution is 2.18. The molecule has 0 unspecified atom stereocenters. The van der Waals surface area contributed by atoms with Gasteiger partial charge in [0.1, 0.15) is 6.54 Å². The number of amides is 1. The molecular formula is C19H18N4O2S. The van der Waals surface area contributed by atoms with Crippen molar-refractivity contribution in [3.63, 3.8) is 0 Å². The molecule has 1 amide bonds. The van der Waals surface area contributed by atoms with E-state index >= 15 is 0 Å². The van der Waals surface area contributed by atoms with Gasteiger partial charge in [0.05, 0.1) is 0 Å². The Kier molecular flexibility index (Phi) is 5.09. The predicted octanol–water partition coefficient (Wildman–Crippen LogP) is 3.76. The van der Waals surface area contributed by atoms with Gasteiger partial charge in [-0.05, 0) is 38.2 Å². The van der Waals surface area contributed by atoms with Gasteiger partial charge < -0.3 is 5.32 Å². The van der Waals surface area contributed by atoms with Gasteiger partial charge in [0, 0.05) is 16.8 Å². The van der Waals surface area contributed by atoms with E-state index < -0.39 is 0 Å². The van der Waals surface area contributed by atoms with Crippen LogP contribution in [-0.2, 0) is 11.3 Å². The second kappa shape index (κ2) is 7.45. The van der Waals surface area contributed by atoms with Crippen molar-refractivity contribution in [3.05, 3.63) is 64.4 Å². The van der Waals surface area contributed by atoms with Crippen molar-refractivity contribution in [3.8, 4) is 11.4 Å². The summed E-state index contributed by atoms with van der Waals surface area (Å²) in [4.78, 5) is 23.9. The van der Waals surface area contributed by atoms with Crippen molar-refractivity contribution in [2.45, 2.75) is 20.4 Å². The average molecular weight is 366 g/mol. The Balaban J connectivity index is 1.81. The second-order valence-corrected chi connectivity index (χ2v) is 6.38. The highest BCUT2D eigenvalue weighted by atomic mass is 32.1. The molecule has 2 N–H and O–H groups in total. The summed E-state index contributed by atoms with van der Waals surface area (Å²) in [5, 5.41) is 9.76. The van der Waals surface area contributed by atoms with Crippen LogP contribution >= 0.6 is 12.2 Å². The normalized spacial score (nSPS) is 10.5. The van der Waals surface area contributed by atoms with E-state index in [1.165, 1.54) is 6.92 Å². The zero-order valence-electron chi connectivity index (χ0n) is 14.4. The minimum atomic E-state index is -0.253. The maximum atomic E-state index is 12.4. The van der Waals surface area contributed by atoms with Crippen LogP contribution in [0.5, 0.6) is 0 Å². The molecule has 0 aliphatic heterocycles. The van der Waals surface area contributed by atoms with Crippen molar-refractivity contribution in [1.29, 1.82) is 0 Å². The topological polar surface area (TPSA) is 79.8 Å². The molecule has 0 aliphatic carbocycles. The summed E-state index contributed by atoms with van der Waals surface area (Å²) in [6, 6.07) is 14.6. The number of hydrogen-bond donors (Lipinski definition) is 2. The molecule has 0 aliphatic rings. The average Bonchev–Trinajstić information content (AvgIpc) is 2.96. The van der Waals surface area contributed by atoms with Gasteiger partial charge in [0.2, 0.25) is 5.91 Å². The van der Waals surface area contributed by atoms with Crippen molar-refractivity contribution in [2.75, 3.05) is 5.32 Å². The van der Waals surface area contributed by atoms with E-state index in [0.717, 1.165) is 11.1 Å². The summed E-state index contributed by atoms with van der Waals surface area (Å²) in [6.07, 6.45) is 0. The number of carbonyl (C=O) groups is 2. The first-order chi connectivity index (χ1) is 12.4. The van der Waals surface area contributed by atoms with Crippen LogP contribution in [-0.4, -0.2) is 26.5 Å². The first kappa shape index (κ1) is 17.8. The number of nitrogens with one attached hydrogen (secondary N) is 2. The molecule has 3 aromatic rings. The molecule has 132 valence electrons. The van der Waals surface area contributed by atoms with E-state index in [-0.39, 0.29) is 18.2 Å². The molecule has 0 fully saturated rings. The third kappa shape index (κ3) is 3.94. The lowest BCUT2D eigenvalue weighted by atomic mass is 10.1. The monoisotopic (exact) mass is 366 g/mol. The molecule has 2 aromatic carbocycles. The Morgan fingerprint density at radius 1 is 1.19 bits per heavy atom. The van der Waals surface area contributed by atoms with Crippen molar-refractivity contribution in [2.24, 2.45) is 0 Å². The number of ketones is 1. The third-order valence-electron chi connectivity index (χ3n) is 3.92. The van der Waals surface area contributed by atoms with Crippen molar-refractivity contribution in [1.82, 2.24) is 14.8 Å². The largest absolute Gasteiger partial charge is 0.325 e. The summed E-state index contributed by atoms with van der Waals surface area (Å²) in [5.41, 5.74) is 3.12. The molecule has 3 rings (SSSR count). The number of nitrogens with zero attached hydrogens (tertiary/aromatic N) is 2. The molecule has 6 nitrogen and oxygen atoms in total. The van der Waals surface area contributed by atoms with Crippen LogP contribution in [0, 0.1) is 11.7 Å². The lowest BCUT2D eigenvalue weighted by Crippen LogP contribution is -2.19. The van der Waals surface area contributed by atoms with E-state index in [0.29, 0.717) is 21.8 Å². The van der Waals surface area contributed by atoms with E-state index in [2.05, 4.69) is 15.5 Å². The van der Waals surface area contributed by atoms with E-state index in [9.17, 15) is 9.59 Å². The molecule has 26 heavy (non-hydrogen) atoms. The van der Waals surface area contributed by atoms with Gasteiger partial charge in [-0.15, -0.1) is 0 Å². The highest BCUT2D eigenvalue weighted by molar-refractivity contribution is 7.71. The Labute approximate surface area is 155 Å². The van der Waals surface area contributed by atoms with E-state index in [1.807, 2.05) is 31.2 Å². The maximum Gasteiger partial charge on any atom is 0.244 e. The number of aromatic amines is 1. The highest BCUT2D eigenvalue weighted by Gasteiger charge is 2.13. The minimum Gasteiger partial charge on any atom is -0.325 e. The van der Waals surface area contributed by atoms with Gasteiger partial charge in [0.25, 0.3) is 0 Å². The van der Waals surface area contributed by atoms with Gasteiger partial charge in [-0.25, -0.2) is 0 Å². The smallest absolute Gasteiger partial charge is 0.244 e. The molecule has 1 heterocycles. The second-order valence-electron chi connectivity index (χ2n) is 5.99. The number of aryl methyl sites for hydroxylation is 1. The Morgan fingerprint density at radius 3 is 2.62 bits per heavy atom. The molecule has 0 radical (unpaired) electrons. The molecule has 0 bridgehead atoms. The van der Waals surface area contributed by atoms with Crippen molar-refractivity contribution < 1.29 is 9.59 Å². The van der Waals surface area contributed by atoms with Crippen LogP contribution < -0.4 is 5.32 Å². The molecule has 0 saturated carbocycles. The van der Waals surface area contributed by atoms with E-state index in [4.69, 9.17) is 12.2 Å². The standard InChI is InChI=1S/C19H18N4O2S/c1-12-6-8-14(9-7-12)18-21-22-19(26)23(18)11-17(25)20-16-5-3-4-15(10-16)13(2)24/h3-10H,11H2,1-2H3,(H,20,25)(H,22,26). The fraction of sp³-hybridized carbons (Fsp3) is 0.158. The summed E-state index contributed by atoms with van der Waals surface area (Å²) in [6.45, 7) is 3.51. The number of anilines is 1. The Hall–Kier alpha value is -3.06. The van der Waals surface area contributed by atoms with Gasteiger partial charge >= 0.3 is 0 Å². The van der Waals surface area contributed by atoms with E-state index in [1.54, 1.807) is 28.8 Å². The van der Waals surface area contributed by atoms with Crippen LogP contribution in [0.15, 0.2) is 48.5 Å².